The van der Waals surface area contributed by atoms with Gasteiger partial charge in [-0.1, -0.05) is 0 Å². The number of rotatable bonds is 9. The first-order chi connectivity index (χ1) is 15.3. The Kier molecular flexibility index (Phi) is 9.25. The lowest BCUT2D eigenvalue weighted by Gasteiger charge is -2.12. The van der Waals surface area contributed by atoms with E-state index in [0.29, 0.717) is 23.8 Å². The molecule has 34 heavy (non-hydrogen) atoms. The van der Waals surface area contributed by atoms with Crippen LogP contribution in [0, 0.1) is 5.92 Å². The number of aromatic nitrogens is 3. The maximum absolute atomic E-state index is 12.8. The molecule has 1 unspecified atom stereocenters. The second kappa shape index (κ2) is 11.5. The van der Waals surface area contributed by atoms with Gasteiger partial charge in [0.25, 0.3) is 5.91 Å². The van der Waals surface area contributed by atoms with Crippen molar-refractivity contribution in [1.29, 1.82) is 0 Å². The van der Waals surface area contributed by atoms with Gasteiger partial charge in [0.1, 0.15) is 0 Å². The largest absolute Gasteiger partial charge is 0.489 e. The van der Waals surface area contributed by atoms with E-state index in [1.54, 1.807) is 24.9 Å². The van der Waals surface area contributed by atoms with E-state index in [4.69, 9.17) is 14.9 Å². The van der Waals surface area contributed by atoms with E-state index in [-0.39, 0.29) is 53.7 Å². The molecule has 1 aliphatic rings. The third-order valence-electron chi connectivity index (χ3n) is 4.82. The zero-order valence-corrected chi connectivity index (χ0v) is 20.0. The number of nitrogens with one attached hydrogen (secondary N) is 1. The molecule has 1 atom stereocenters. The number of ether oxygens (including phenoxy) is 2. The normalized spacial score (nSPS) is 13.6. The lowest BCUT2D eigenvalue weighted by Crippen LogP contribution is -2.17. The zero-order valence-electron chi connectivity index (χ0n) is 18.4. The lowest BCUT2D eigenvalue weighted by molar-refractivity contribution is -0.0515. The molecule has 0 aliphatic heterocycles. The van der Waals surface area contributed by atoms with E-state index in [0.717, 1.165) is 12.8 Å². The smallest absolute Gasteiger partial charge is 0.387 e. The van der Waals surface area contributed by atoms with Crippen LogP contribution in [0.5, 0.6) is 11.5 Å². The number of amides is 1. The number of alkyl halides is 2. The predicted molar refractivity (Wildman–Crippen MR) is 125 cm³/mol. The van der Waals surface area contributed by atoms with Crippen molar-refractivity contribution in [2.75, 3.05) is 11.9 Å². The summed E-state index contributed by atoms with van der Waals surface area (Å²) in [6.45, 7) is -0.925. The molecule has 0 spiro atoms. The fourth-order valence-corrected chi connectivity index (χ4v) is 3.04. The first-order valence-electron chi connectivity index (χ1n) is 10.1. The van der Waals surface area contributed by atoms with E-state index in [1.165, 1.54) is 24.4 Å². The van der Waals surface area contributed by atoms with Crippen molar-refractivity contribution in [3.8, 4) is 23.0 Å². The van der Waals surface area contributed by atoms with Crippen molar-refractivity contribution >= 4 is 36.4 Å². The third-order valence-corrected chi connectivity index (χ3v) is 4.82. The molecule has 9 nitrogen and oxygen atoms in total. The van der Waals surface area contributed by atoms with Gasteiger partial charge in [0.05, 0.1) is 24.5 Å². The van der Waals surface area contributed by atoms with E-state index in [2.05, 4.69) is 20.1 Å². The molecule has 1 saturated carbocycles. The van der Waals surface area contributed by atoms with Crippen LogP contribution in [0.1, 0.15) is 42.1 Å². The first-order valence-corrected chi connectivity index (χ1v) is 10.1. The van der Waals surface area contributed by atoms with Crippen molar-refractivity contribution in [2.45, 2.75) is 32.4 Å². The van der Waals surface area contributed by atoms with Gasteiger partial charge in [0.2, 0.25) is 5.89 Å². The van der Waals surface area contributed by atoms with Gasteiger partial charge in [-0.3, -0.25) is 9.48 Å². The molecule has 2 heterocycles. The minimum Gasteiger partial charge on any atom is -0.489 e. The van der Waals surface area contributed by atoms with Gasteiger partial charge in [0.15, 0.2) is 23.0 Å². The van der Waals surface area contributed by atoms with Crippen LogP contribution in [-0.2, 0) is 7.05 Å². The molecular weight excluding hydrogens is 495 g/mol. The summed E-state index contributed by atoms with van der Waals surface area (Å²) in [6.07, 6.45) is 5.21. The van der Waals surface area contributed by atoms with Gasteiger partial charge in [-0.15, -0.1) is 24.8 Å². The number of carbonyl (C=O) groups is 1. The quantitative estimate of drug-likeness (QED) is 0.424. The summed E-state index contributed by atoms with van der Waals surface area (Å²) in [5.41, 5.74) is 6.92. The van der Waals surface area contributed by atoms with Crippen molar-refractivity contribution < 1.29 is 27.5 Å². The Morgan fingerprint density at radius 3 is 2.65 bits per heavy atom. The van der Waals surface area contributed by atoms with Gasteiger partial charge < -0.3 is 24.9 Å². The highest BCUT2D eigenvalue weighted by atomic mass is 35.5. The molecule has 3 N–H and O–H groups in total. The van der Waals surface area contributed by atoms with E-state index in [1.807, 2.05) is 0 Å². The highest BCUT2D eigenvalue weighted by molar-refractivity contribution is 6.03. The average molecular weight is 520 g/mol. The van der Waals surface area contributed by atoms with Crippen molar-refractivity contribution in [2.24, 2.45) is 18.7 Å². The Morgan fingerprint density at radius 2 is 2.06 bits per heavy atom. The molecule has 3 aromatic rings. The zero-order chi connectivity index (χ0) is 22.8. The summed E-state index contributed by atoms with van der Waals surface area (Å²) in [5, 5.41) is 6.69. The van der Waals surface area contributed by atoms with Gasteiger partial charge >= 0.3 is 6.61 Å². The number of carbonyl (C=O) groups excluding carboxylic acids is 1. The maximum Gasteiger partial charge on any atom is 0.387 e. The molecule has 1 fully saturated rings. The highest BCUT2D eigenvalue weighted by Crippen LogP contribution is 2.37. The topological polar surface area (TPSA) is 117 Å². The summed E-state index contributed by atoms with van der Waals surface area (Å²) in [7, 11) is 1.72. The summed E-state index contributed by atoms with van der Waals surface area (Å²) >= 11 is 0. The van der Waals surface area contributed by atoms with Crippen molar-refractivity contribution in [3.05, 3.63) is 42.0 Å². The molecule has 186 valence electrons. The monoisotopic (exact) mass is 519 g/mol. The van der Waals surface area contributed by atoms with E-state index >= 15 is 0 Å². The molecule has 1 amide bonds. The van der Waals surface area contributed by atoms with Crippen LogP contribution < -0.4 is 20.5 Å². The standard InChI is InChI=1S/C21H23F2N5O4.2ClH/c1-11(24)18-17(19(29)26-14-8-25-28(2)9-14)27-20(32-18)13-5-6-15(31-21(22)23)16(7-13)30-10-12-3-4-12;;/h5-9,11-12,21H,3-4,10,24H2,1-2H3,(H,26,29);2*1H. The molecule has 13 heteroatoms. The minimum absolute atomic E-state index is 0. The van der Waals surface area contributed by atoms with Gasteiger partial charge in [-0.05, 0) is 43.9 Å². The number of oxazole rings is 1. The predicted octanol–water partition coefficient (Wildman–Crippen LogP) is 4.58. The van der Waals surface area contributed by atoms with Crippen LogP contribution in [0.15, 0.2) is 35.0 Å². The fourth-order valence-electron chi connectivity index (χ4n) is 3.04. The molecular formula is C21H25Cl2F2N5O4. The average Bonchev–Trinajstić information content (AvgIpc) is 3.30. The van der Waals surface area contributed by atoms with Gasteiger partial charge in [-0.25, -0.2) is 4.98 Å². The SMILES string of the molecule is CC(N)c1oc(-c2ccc(OC(F)F)c(OCC3CC3)c2)nc1C(=O)Nc1cnn(C)c1.Cl.Cl. The molecule has 0 bridgehead atoms. The highest BCUT2D eigenvalue weighted by Gasteiger charge is 2.26. The Morgan fingerprint density at radius 1 is 1.32 bits per heavy atom. The van der Waals surface area contributed by atoms with E-state index in [9.17, 15) is 13.6 Å². The summed E-state index contributed by atoms with van der Waals surface area (Å²) < 4.78 is 43.1. The Hall–Kier alpha value is -2.89. The minimum atomic E-state index is -2.99. The first kappa shape index (κ1) is 27.4. The molecule has 0 saturated heterocycles. The number of halogens is 4. The van der Waals surface area contributed by atoms with Gasteiger partial charge in [0, 0.05) is 18.8 Å². The number of aryl methyl sites for hydroxylation is 1. The van der Waals surface area contributed by atoms with Crippen LogP contribution in [-0.4, -0.2) is 33.9 Å². The number of nitrogens with zero attached hydrogens (tertiary/aromatic N) is 3. The number of benzene rings is 1. The number of anilines is 1. The number of hydrogen-bond donors (Lipinski definition) is 2. The Bertz CT molecular complexity index is 1120. The van der Waals surface area contributed by atoms with Crippen LogP contribution >= 0.6 is 24.8 Å². The second-order valence-electron chi connectivity index (χ2n) is 7.67. The summed E-state index contributed by atoms with van der Waals surface area (Å²) in [6, 6.07) is 3.74. The number of nitrogens with two attached hydrogens (primary N) is 1. The van der Waals surface area contributed by atoms with Crippen LogP contribution in [0.4, 0.5) is 14.5 Å². The van der Waals surface area contributed by atoms with E-state index < -0.39 is 18.6 Å². The lowest BCUT2D eigenvalue weighted by atomic mass is 10.2. The Balaban J connectivity index is 0.00000204. The fraction of sp³-hybridized carbons (Fsp3) is 0.381. The molecule has 2 aromatic heterocycles. The van der Waals surface area contributed by atoms with Crippen LogP contribution in [0.2, 0.25) is 0 Å². The maximum atomic E-state index is 12.8. The Labute approximate surface area is 206 Å². The van der Waals surface area contributed by atoms with Gasteiger partial charge in [-0.2, -0.15) is 13.9 Å². The third kappa shape index (κ3) is 6.58. The molecule has 0 radical (unpaired) electrons. The van der Waals surface area contributed by atoms with Crippen LogP contribution in [0.3, 0.4) is 0 Å². The summed E-state index contributed by atoms with van der Waals surface area (Å²) in [5.74, 6) is 0.258. The molecule has 1 aliphatic carbocycles. The van der Waals surface area contributed by atoms with Crippen molar-refractivity contribution in [3.63, 3.8) is 0 Å². The molecule has 1 aromatic carbocycles. The summed E-state index contributed by atoms with van der Waals surface area (Å²) in [4.78, 5) is 17.1. The van der Waals surface area contributed by atoms with Crippen molar-refractivity contribution in [1.82, 2.24) is 14.8 Å². The van der Waals surface area contributed by atoms with Crippen LogP contribution in [0.25, 0.3) is 11.5 Å². The second-order valence-corrected chi connectivity index (χ2v) is 7.67. The molecule has 4 rings (SSSR count). The number of hydrogen-bond acceptors (Lipinski definition) is 7.